The van der Waals surface area contributed by atoms with Crippen LogP contribution in [-0.4, -0.2) is 74.8 Å². The van der Waals surface area contributed by atoms with E-state index in [1.54, 1.807) is 14.2 Å². The third-order valence-electron chi connectivity index (χ3n) is 14.8. The van der Waals surface area contributed by atoms with Gasteiger partial charge in [-0.1, -0.05) is 72.8 Å². The number of hydrogen-bond acceptors (Lipinski definition) is 8. The van der Waals surface area contributed by atoms with Gasteiger partial charge < -0.3 is 38.1 Å². The third kappa shape index (κ3) is 10.1. The Morgan fingerprint density at radius 1 is 0.397 bits per heavy atom. The van der Waals surface area contributed by atoms with E-state index in [-0.39, 0.29) is 14.2 Å². The topological polar surface area (TPSA) is 121 Å². The minimum atomic E-state index is -0.308. The predicted molar refractivity (Wildman–Crippen MR) is 309 cm³/mol. The first-order valence-corrected chi connectivity index (χ1v) is 26.6. The summed E-state index contributed by atoms with van der Waals surface area (Å²) in [5.41, 5.74) is 19.3. The monoisotopic (exact) mass is 1030 g/mol. The van der Waals surface area contributed by atoms with E-state index < -0.39 is 0 Å². The second-order valence-electron chi connectivity index (χ2n) is 19.8. The number of nitrogens with zero attached hydrogens (tertiary/aromatic N) is 4. The zero-order valence-electron chi connectivity index (χ0n) is 43.5. The van der Waals surface area contributed by atoms with E-state index in [1.807, 2.05) is 24.3 Å². The Morgan fingerprint density at radius 2 is 0.731 bits per heavy atom. The highest BCUT2D eigenvalue weighted by atomic mass is 16.6. The summed E-state index contributed by atoms with van der Waals surface area (Å²) in [5.74, 6) is 1.55. The van der Waals surface area contributed by atoms with Gasteiger partial charge in [0.15, 0.2) is 37.9 Å². The molecule has 0 saturated carbocycles. The zero-order chi connectivity index (χ0) is 52.4. The number of H-pyrrole nitrogens is 2. The first kappa shape index (κ1) is 49.0. The lowest BCUT2D eigenvalue weighted by atomic mass is 9.78. The van der Waals surface area contributed by atoms with Crippen molar-refractivity contribution in [2.45, 2.75) is 25.9 Å². The first-order chi connectivity index (χ1) is 38.5. The van der Waals surface area contributed by atoms with E-state index in [2.05, 4.69) is 190 Å². The lowest BCUT2D eigenvalue weighted by Gasteiger charge is -2.19. The highest BCUT2D eigenvalue weighted by Gasteiger charge is 2.26. The molecule has 9 aromatic rings. The molecule has 382 valence electrons. The number of benzene rings is 4. The number of hydrogen-bond donors (Lipinski definition) is 2. The molecular formula is C64H56B2N6O6+2. The fourth-order valence-electron chi connectivity index (χ4n) is 10.7. The fourth-order valence-corrected chi connectivity index (χ4v) is 10.7. The standard InChI is InChI=1S/C64H55B2N6O6/c1-73-51-17-9-45(10-18-51)61-53-21-25-57(67-53)63(47-29-33-71(34-30-47)41-43-5-13-49(14-6-43)65-75-37-3-38-76-65)59-27-23-55(69-59)62(46-11-19-52(74-2)20-12-46)56-24-28-60(70-56)64(58-26-22-54(61)68-58)48-31-35-72(36-32-48)42-44-7-15-50(16-8-44)66-77-39-4-40-78-66/h5-36H,3-4,37-42H2,1-2H3,(H,67,68,69,70)/q+1/p+1. The number of rotatable bonds is 12. The molecule has 0 amide bonds. The Bertz CT molecular complexity index is 3660. The Balaban J connectivity index is 0.960. The SMILES string of the molecule is COc1ccc(-c2c3nc(c(-c4cc[n+](Cc5ccc(B6OCCCO6)cc5)cc4)c4ccc([nH]4)c(-c4ccc(OC)cc4)c4ccc([nH]4)c(-c4cc[n+](Cc5ccc(B6OCCCO6)cc5)cc4)c4nc2C=C4)C=C3)cc1. The normalized spacial score (nSPS) is 14.2. The van der Waals surface area contributed by atoms with E-state index in [4.69, 9.17) is 38.1 Å². The van der Waals surface area contributed by atoms with Crippen molar-refractivity contribution in [2.24, 2.45) is 0 Å². The molecule has 2 saturated heterocycles. The minimum Gasteiger partial charge on any atom is -0.497 e. The summed E-state index contributed by atoms with van der Waals surface area (Å²) in [6.45, 7) is 4.26. The summed E-state index contributed by atoms with van der Waals surface area (Å²) in [7, 11) is 2.76. The van der Waals surface area contributed by atoms with Crippen LogP contribution >= 0.6 is 0 Å². The number of pyridine rings is 2. The van der Waals surface area contributed by atoms with Gasteiger partial charge in [-0.2, -0.15) is 0 Å². The average Bonchev–Trinajstić information content (AvgIpc) is 4.47. The number of methoxy groups -OCH3 is 2. The molecule has 13 rings (SSSR count). The number of aromatic amines is 2. The number of aromatic nitrogens is 6. The third-order valence-corrected chi connectivity index (χ3v) is 14.8. The van der Waals surface area contributed by atoms with Gasteiger partial charge in [0.1, 0.15) is 11.5 Å². The van der Waals surface area contributed by atoms with Gasteiger partial charge in [-0.05, 0) is 119 Å². The van der Waals surface area contributed by atoms with Crippen molar-refractivity contribution in [3.63, 3.8) is 0 Å². The van der Waals surface area contributed by atoms with Crippen molar-refractivity contribution in [3.8, 4) is 56.0 Å². The van der Waals surface area contributed by atoms with Crippen LogP contribution in [0.3, 0.4) is 0 Å². The number of fused-ring (bicyclic) bond motifs is 8. The molecule has 4 aromatic carbocycles. The summed E-state index contributed by atoms with van der Waals surface area (Å²) in [5, 5.41) is 0. The molecule has 8 bridgehead atoms. The highest BCUT2D eigenvalue weighted by Crippen LogP contribution is 2.39. The number of nitrogens with one attached hydrogen (secondary N) is 2. The van der Waals surface area contributed by atoms with E-state index in [0.717, 1.165) is 125 Å². The van der Waals surface area contributed by atoms with E-state index in [0.29, 0.717) is 39.5 Å². The molecule has 2 fully saturated rings. The highest BCUT2D eigenvalue weighted by molar-refractivity contribution is 6.61. The molecule has 9 heterocycles. The van der Waals surface area contributed by atoms with Gasteiger partial charge >= 0.3 is 14.2 Å². The maximum absolute atomic E-state index is 5.85. The summed E-state index contributed by atoms with van der Waals surface area (Å²) in [4.78, 5) is 18.8. The maximum Gasteiger partial charge on any atom is 0.493 e. The quantitative estimate of drug-likeness (QED) is 0.0917. The van der Waals surface area contributed by atoms with Crippen molar-refractivity contribution in [2.75, 3.05) is 40.6 Å². The lowest BCUT2D eigenvalue weighted by Crippen LogP contribution is -2.41. The van der Waals surface area contributed by atoms with Crippen LogP contribution in [0.2, 0.25) is 0 Å². The zero-order valence-corrected chi connectivity index (χ0v) is 43.5. The average molecular weight is 1030 g/mol. The molecule has 0 spiro atoms. The van der Waals surface area contributed by atoms with Crippen LogP contribution in [0.25, 0.3) is 90.9 Å². The van der Waals surface area contributed by atoms with Crippen molar-refractivity contribution in [3.05, 3.63) is 204 Å². The Morgan fingerprint density at radius 3 is 1.10 bits per heavy atom. The molecule has 0 unspecified atom stereocenters. The van der Waals surface area contributed by atoms with Gasteiger partial charge in [0.05, 0.1) is 37.0 Å². The van der Waals surface area contributed by atoms with Gasteiger partial charge in [-0.3, -0.25) is 0 Å². The van der Waals surface area contributed by atoms with Crippen LogP contribution in [0.15, 0.2) is 170 Å². The molecule has 78 heavy (non-hydrogen) atoms. The first-order valence-electron chi connectivity index (χ1n) is 26.6. The van der Waals surface area contributed by atoms with Crippen molar-refractivity contribution in [1.29, 1.82) is 0 Å². The second-order valence-corrected chi connectivity index (χ2v) is 19.8. The predicted octanol–water partition coefficient (Wildman–Crippen LogP) is 10.3. The number of ether oxygens (including phenoxy) is 2. The summed E-state index contributed by atoms with van der Waals surface area (Å²) >= 11 is 0. The smallest absolute Gasteiger partial charge is 0.493 e. The van der Waals surface area contributed by atoms with Crippen molar-refractivity contribution >= 4 is 71.5 Å². The van der Waals surface area contributed by atoms with Gasteiger partial charge in [0.2, 0.25) is 0 Å². The summed E-state index contributed by atoms with van der Waals surface area (Å²) in [6.07, 6.45) is 18.9. The van der Waals surface area contributed by atoms with Crippen LogP contribution in [0.4, 0.5) is 0 Å². The van der Waals surface area contributed by atoms with E-state index in [9.17, 15) is 0 Å². The molecular weight excluding hydrogens is 970 g/mol. The molecule has 12 nitrogen and oxygen atoms in total. The van der Waals surface area contributed by atoms with Crippen molar-refractivity contribution < 1.29 is 37.2 Å². The molecule has 14 heteroatoms. The summed E-state index contributed by atoms with van der Waals surface area (Å²) in [6, 6.07) is 50.7. The van der Waals surface area contributed by atoms with Gasteiger partial charge in [0, 0.05) is 106 Å². The molecule has 4 aliphatic heterocycles. The van der Waals surface area contributed by atoms with Gasteiger partial charge in [-0.25, -0.2) is 19.1 Å². The molecule has 0 aliphatic carbocycles. The van der Waals surface area contributed by atoms with Gasteiger partial charge in [0.25, 0.3) is 0 Å². The van der Waals surface area contributed by atoms with Crippen LogP contribution in [0.5, 0.6) is 11.5 Å². The second kappa shape index (κ2) is 21.8. The molecule has 5 aromatic heterocycles. The van der Waals surface area contributed by atoms with Gasteiger partial charge in [-0.15, -0.1) is 0 Å². The molecule has 0 radical (unpaired) electrons. The maximum atomic E-state index is 5.85. The minimum absolute atomic E-state index is 0.308. The van der Waals surface area contributed by atoms with Crippen LogP contribution in [0.1, 0.15) is 46.7 Å². The lowest BCUT2D eigenvalue weighted by molar-refractivity contribution is -0.688. The summed E-state index contributed by atoms with van der Waals surface area (Å²) < 4.78 is 39.1. The largest absolute Gasteiger partial charge is 0.497 e. The molecule has 4 aliphatic rings. The molecule has 0 atom stereocenters. The van der Waals surface area contributed by atoms with Crippen molar-refractivity contribution in [1.82, 2.24) is 19.9 Å². The van der Waals surface area contributed by atoms with Crippen LogP contribution in [0, 0.1) is 0 Å². The Labute approximate surface area is 453 Å². The van der Waals surface area contributed by atoms with Crippen LogP contribution < -0.4 is 29.5 Å². The Hall–Kier alpha value is -8.65. The van der Waals surface area contributed by atoms with Crippen LogP contribution in [-0.2, 0) is 31.7 Å². The molecule has 2 N–H and O–H groups in total. The Kier molecular flexibility index (Phi) is 13.7. The fraction of sp³-hybridized carbons (Fsp3) is 0.156. The van der Waals surface area contributed by atoms with E-state index in [1.165, 1.54) is 11.1 Å². The van der Waals surface area contributed by atoms with E-state index >= 15 is 0 Å².